The van der Waals surface area contributed by atoms with E-state index in [0.717, 1.165) is 6.42 Å². The molecular weight excluding hydrogens is 212 g/mol. The fraction of sp³-hybridized carbons (Fsp3) is 0.929. The molecule has 0 radical (unpaired) electrons. The van der Waals surface area contributed by atoms with Gasteiger partial charge in [0.25, 0.3) is 0 Å². The minimum Gasteiger partial charge on any atom is -0.353 e. The van der Waals surface area contributed by atoms with Crippen LogP contribution in [0.5, 0.6) is 0 Å². The van der Waals surface area contributed by atoms with Crippen LogP contribution in [0.2, 0.25) is 0 Å². The summed E-state index contributed by atoms with van der Waals surface area (Å²) >= 11 is 0. The van der Waals surface area contributed by atoms with Crippen LogP contribution >= 0.6 is 0 Å². The van der Waals surface area contributed by atoms with Gasteiger partial charge in [-0.1, -0.05) is 41.0 Å². The summed E-state index contributed by atoms with van der Waals surface area (Å²) in [6.07, 6.45) is 3.94. The van der Waals surface area contributed by atoms with Crippen molar-refractivity contribution in [3.05, 3.63) is 0 Å². The first-order valence-electron chi connectivity index (χ1n) is 6.68. The Morgan fingerprint density at radius 3 is 2.47 bits per heavy atom. The predicted octanol–water partition coefficient (Wildman–Crippen LogP) is 2.44. The van der Waals surface area contributed by atoms with Gasteiger partial charge in [-0.25, -0.2) is 0 Å². The summed E-state index contributed by atoms with van der Waals surface area (Å²) in [5.41, 5.74) is 6.26. The molecule has 100 valence electrons. The minimum atomic E-state index is -0.0768. The molecule has 1 aliphatic rings. The van der Waals surface area contributed by atoms with E-state index in [2.05, 4.69) is 39.9 Å². The lowest BCUT2D eigenvalue weighted by Crippen LogP contribution is -2.45. The molecule has 17 heavy (non-hydrogen) atoms. The van der Waals surface area contributed by atoms with Crippen LogP contribution < -0.4 is 11.1 Å². The zero-order valence-corrected chi connectivity index (χ0v) is 12.0. The third-order valence-electron chi connectivity index (χ3n) is 4.11. The van der Waals surface area contributed by atoms with Crippen LogP contribution in [-0.4, -0.2) is 18.0 Å². The van der Waals surface area contributed by atoms with Gasteiger partial charge in [0.15, 0.2) is 0 Å². The van der Waals surface area contributed by atoms with Crippen molar-refractivity contribution in [3.8, 4) is 0 Å². The van der Waals surface area contributed by atoms with E-state index in [9.17, 15) is 4.79 Å². The average Bonchev–Trinajstić information content (AvgIpc) is 2.44. The Hall–Kier alpha value is -0.570. The number of carbonyl (C=O) groups is 1. The van der Waals surface area contributed by atoms with Gasteiger partial charge in [-0.15, -0.1) is 0 Å². The molecule has 3 heteroatoms. The van der Waals surface area contributed by atoms with Crippen molar-refractivity contribution in [2.45, 2.75) is 72.4 Å². The molecule has 1 fully saturated rings. The Morgan fingerprint density at radius 2 is 2.06 bits per heavy atom. The monoisotopic (exact) mass is 240 g/mol. The number of amides is 1. The molecule has 0 saturated heterocycles. The summed E-state index contributed by atoms with van der Waals surface area (Å²) in [6, 6.07) is 0.245. The first-order chi connectivity index (χ1) is 7.63. The van der Waals surface area contributed by atoms with Crippen molar-refractivity contribution < 1.29 is 4.79 Å². The summed E-state index contributed by atoms with van der Waals surface area (Å²) in [6.45, 7) is 10.7. The number of hydrogen-bond acceptors (Lipinski definition) is 2. The van der Waals surface area contributed by atoms with Crippen LogP contribution in [0.1, 0.15) is 60.3 Å². The highest BCUT2D eigenvalue weighted by Gasteiger charge is 2.35. The number of hydrogen-bond donors (Lipinski definition) is 2. The largest absolute Gasteiger partial charge is 0.353 e. The van der Waals surface area contributed by atoms with Gasteiger partial charge in [0.1, 0.15) is 0 Å². The molecule has 2 atom stereocenters. The second-order valence-corrected chi connectivity index (χ2v) is 7.18. The Morgan fingerprint density at radius 1 is 1.47 bits per heavy atom. The second-order valence-electron chi connectivity index (χ2n) is 7.18. The number of carbonyl (C=O) groups excluding carboxylic acids is 1. The lowest BCUT2D eigenvalue weighted by Gasteiger charge is -2.30. The highest BCUT2D eigenvalue weighted by atomic mass is 16.1. The molecule has 0 aromatic rings. The standard InChI is InChI=1S/C14H28N2O/c1-13(2,3)10(15)9-12(17)16-11-7-6-8-14(11,4)5/h10-11H,6-9,15H2,1-5H3,(H,16,17). The molecule has 3 N–H and O–H groups in total. The van der Waals surface area contributed by atoms with Crippen molar-refractivity contribution in [2.75, 3.05) is 0 Å². The summed E-state index contributed by atoms with van der Waals surface area (Å²) in [7, 11) is 0. The molecule has 0 spiro atoms. The van der Waals surface area contributed by atoms with Gasteiger partial charge in [0.05, 0.1) is 0 Å². The molecular formula is C14H28N2O. The SMILES string of the molecule is CC(C)(C)C(N)CC(=O)NC1CCCC1(C)C. The summed E-state index contributed by atoms with van der Waals surface area (Å²) in [5.74, 6) is 0.104. The molecule has 1 amide bonds. The van der Waals surface area contributed by atoms with Crippen LogP contribution in [0.15, 0.2) is 0 Å². The lowest BCUT2D eigenvalue weighted by atomic mass is 9.84. The highest BCUT2D eigenvalue weighted by molar-refractivity contribution is 5.77. The molecule has 2 unspecified atom stereocenters. The Bertz CT molecular complexity index is 278. The third-order valence-corrected chi connectivity index (χ3v) is 4.11. The van der Waals surface area contributed by atoms with Gasteiger partial charge in [0.2, 0.25) is 5.91 Å². The fourth-order valence-corrected chi connectivity index (χ4v) is 2.35. The molecule has 3 nitrogen and oxygen atoms in total. The second kappa shape index (κ2) is 4.97. The quantitative estimate of drug-likeness (QED) is 0.796. The molecule has 0 aromatic carbocycles. The Labute approximate surface area is 106 Å². The van der Waals surface area contributed by atoms with E-state index in [1.807, 2.05) is 0 Å². The molecule has 0 aromatic heterocycles. The van der Waals surface area contributed by atoms with Gasteiger partial charge in [-0.05, 0) is 23.7 Å². The molecule has 0 heterocycles. The van der Waals surface area contributed by atoms with Crippen molar-refractivity contribution in [1.82, 2.24) is 5.32 Å². The van der Waals surface area contributed by atoms with Crippen molar-refractivity contribution in [1.29, 1.82) is 0 Å². The van der Waals surface area contributed by atoms with Crippen LogP contribution in [0.25, 0.3) is 0 Å². The van der Waals surface area contributed by atoms with Crippen LogP contribution in [-0.2, 0) is 4.79 Å². The van der Waals surface area contributed by atoms with Gasteiger partial charge in [-0.2, -0.15) is 0 Å². The number of nitrogens with two attached hydrogens (primary N) is 1. The van der Waals surface area contributed by atoms with E-state index in [1.54, 1.807) is 0 Å². The van der Waals surface area contributed by atoms with Gasteiger partial charge in [-0.3, -0.25) is 4.79 Å². The van der Waals surface area contributed by atoms with Crippen LogP contribution in [0.4, 0.5) is 0 Å². The van der Waals surface area contributed by atoms with Crippen molar-refractivity contribution in [2.24, 2.45) is 16.6 Å². The molecule has 1 aliphatic carbocycles. The van der Waals surface area contributed by atoms with Crippen molar-refractivity contribution in [3.63, 3.8) is 0 Å². The smallest absolute Gasteiger partial charge is 0.221 e. The van der Waals surface area contributed by atoms with Gasteiger partial charge in [0, 0.05) is 18.5 Å². The van der Waals surface area contributed by atoms with E-state index in [0.29, 0.717) is 12.5 Å². The van der Waals surface area contributed by atoms with E-state index >= 15 is 0 Å². The Kier molecular flexibility index (Phi) is 4.23. The molecule has 0 aliphatic heterocycles. The maximum absolute atomic E-state index is 12.0. The fourth-order valence-electron chi connectivity index (χ4n) is 2.35. The first-order valence-corrected chi connectivity index (χ1v) is 6.68. The minimum absolute atomic E-state index is 0.0114. The third kappa shape index (κ3) is 3.98. The van der Waals surface area contributed by atoms with E-state index in [-0.39, 0.29) is 22.8 Å². The molecule has 1 rings (SSSR count). The molecule has 1 saturated carbocycles. The van der Waals surface area contributed by atoms with E-state index in [1.165, 1.54) is 12.8 Å². The summed E-state index contributed by atoms with van der Waals surface area (Å²) in [5, 5.41) is 3.15. The maximum atomic E-state index is 12.0. The predicted molar refractivity (Wildman–Crippen MR) is 71.6 cm³/mol. The lowest BCUT2D eigenvalue weighted by molar-refractivity contribution is -0.123. The van der Waals surface area contributed by atoms with Gasteiger partial charge < -0.3 is 11.1 Å². The average molecular weight is 240 g/mol. The van der Waals surface area contributed by atoms with Gasteiger partial charge >= 0.3 is 0 Å². The van der Waals surface area contributed by atoms with Crippen LogP contribution in [0.3, 0.4) is 0 Å². The van der Waals surface area contributed by atoms with Crippen molar-refractivity contribution >= 4 is 5.91 Å². The summed E-state index contributed by atoms with van der Waals surface area (Å²) < 4.78 is 0. The summed E-state index contributed by atoms with van der Waals surface area (Å²) in [4.78, 5) is 12.0. The topological polar surface area (TPSA) is 55.1 Å². The highest BCUT2D eigenvalue weighted by Crippen LogP contribution is 2.37. The normalized spacial score (nSPS) is 25.6. The Balaban J connectivity index is 2.45. The zero-order chi connectivity index (χ0) is 13.3. The zero-order valence-electron chi connectivity index (χ0n) is 12.0. The number of nitrogens with one attached hydrogen (secondary N) is 1. The molecule has 0 bridgehead atoms. The van der Waals surface area contributed by atoms with E-state index in [4.69, 9.17) is 5.73 Å². The number of rotatable bonds is 3. The van der Waals surface area contributed by atoms with Crippen LogP contribution in [0, 0.1) is 10.8 Å². The van der Waals surface area contributed by atoms with E-state index < -0.39 is 0 Å². The maximum Gasteiger partial charge on any atom is 0.221 e. The first kappa shape index (κ1) is 14.5.